The van der Waals surface area contributed by atoms with Gasteiger partial charge in [0.1, 0.15) is 11.6 Å². The Balaban J connectivity index is 2.35. The van der Waals surface area contributed by atoms with Gasteiger partial charge in [-0.05, 0) is 41.3 Å². The van der Waals surface area contributed by atoms with Crippen molar-refractivity contribution in [2.75, 3.05) is 0 Å². The van der Waals surface area contributed by atoms with E-state index in [9.17, 15) is 13.6 Å². The summed E-state index contributed by atoms with van der Waals surface area (Å²) < 4.78 is 27.3. The lowest BCUT2D eigenvalue weighted by molar-refractivity contribution is -0.113. The predicted molar refractivity (Wildman–Crippen MR) is 70.1 cm³/mol. The van der Waals surface area contributed by atoms with Gasteiger partial charge >= 0.3 is 0 Å². The van der Waals surface area contributed by atoms with Crippen LogP contribution >= 0.6 is 11.6 Å². The average Bonchev–Trinajstić information content (AvgIpc) is 2.38. The van der Waals surface area contributed by atoms with E-state index in [1.54, 1.807) is 24.3 Å². The molecule has 0 aliphatic heterocycles. The predicted octanol–water partition coefficient (Wildman–Crippen LogP) is 4.06. The lowest BCUT2D eigenvalue weighted by Crippen LogP contribution is -2.12. The van der Waals surface area contributed by atoms with E-state index in [-0.39, 0.29) is 12.0 Å². The molecule has 2 rings (SSSR count). The van der Waals surface area contributed by atoms with Crippen LogP contribution in [-0.4, -0.2) is 5.24 Å². The zero-order valence-corrected chi connectivity index (χ0v) is 10.7. The molecule has 0 saturated heterocycles. The van der Waals surface area contributed by atoms with Crippen LogP contribution in [0.2, 0.25) is 0 Å². The molecule has 0 amide bonds. The quantitative estimate of drug-likeness (QED) is 0.772. The highest BCUT2D eigenvalue weighted by atomic mass is 35.5. The van der Waals surface area contributed by atoms with Crippen molar-refractivity contribution in [1.82, 2.24) is 0 Å². The summed E-state index contributed by atoms with van der Waals surface area (Å²) >= 11 is 5.52. The van der Waals surface area contributed by atoms with Gasteiger partial charge in [-0.1, -0.05) is 36.4 Å². The number of rotatable bonds is 4. The van der Waals surface area contributed by atoms with Crippen LogP contribution in [0.3, 0.4) is 0 Å². The minimum atomic E-state index is -0.889. The molecule has 1 atom stereocenters. The van der Waals surface area contributed by atoms with Crippen molar-refractivity contribution in [1.29, 1.82) is 0 Å². The summed E-state index contributed by atoms with van der Waals surface area (Å²) in [5, 5.41) is -0.701. The molecule has 0 fully saturated rings. The topological polar surface area (TPSA) is 17.1 Å². The molecule has 0 spiro atoms. The zero-order chi connectivity index (χ0) is 13.8. The molecule has 0 N–H and O–H groups in total. The fraction of sp³-hybridized carbons (Fsp3) is 0.133. The van der Waals surface area contributed by atoms with Gasteiger partial charge < -0.3 is 0 Å². The van der Waals surface area contributed by atoms with Gasteiger partial charge in [-0.25, -0.2) is 8.78 Å². The molecule has 0 aliphatic rings. The largest absolute Gasteiger partial charge is 0.281 e. The van der Waals surface area contributed by atoms with Crippen LogP contribution in [0.5, 0.6) is 0 Å². The maximum atomic E-state index is 13.7. The van der Waals surface area contributed by atoms with Crippen molar-refractivity contribution < 1.29 is 13.6 Å². The lowest BCUT2D eigenvalue weighted by Gasteiger charge is -2.14. The number of carbonyl (C=O) groups is 1. The fourth-order valence-corrected chi connectivity index (χ4v) is 2.15. The minimum absolute atomic E-state index is 0.0376. The molecule has 1 unspecified atom stereocenters. The molecule has 0 aromatic heterocycles. The Morgan fingerprint density at radius 1 is 1.00 bits per heavy atom. The Labute approximate surface area is 114 Å². The zero-order valence-electron chi connectivity index (χ0n) is 9.95. The monoisotopic (exact) mass is 280 g/mol. The second-order valence-corrected chi connectivity index (χ2v) is 4.55. The maximum absolute atomic E-state index is 13.7. The molecule has 1 nitrogen and oxygen atoms in total. The van der Waals surface area contributed by atoms with Crippen LogP contribution in [0.4, 0.5) is 8.78 Å². The van der Waals surface area contributed by atoms with E-state index in [1.165, 1.54) is 24.3 Å². The van der Waals surface area contributed by atoms with Crippen LogP contribution in [-0.2, 0) is 11.2 Å². The van der Waals surface area contributed by atoms with Crippen LogP contribution in [0.1, 0.15) is 17.0 Å². The smallest absolute Gasteiger partial charge is 0.229 e. The Morgan fingerprint density at radius 2 is 1.58 bits per heavy atom. The number of hydrogen-bond donors (Lipinski definition) is 0. The normalized spacial score (nSPS) is 12.2. The van der Waals surface area contributed by atoms with Crippen molar-refractivity contribution in [2.24, 2.45) is 0 Å². The first-order valence-electron chi connectivity index (χ1n) is 5.76. The Bertz CT molecular complexity index is 598. The molecule has 0 aliphatic carbocycles. The van der Waals surface area contributed by atoms with Gasteiger partial charge in [0.25, 0.3) is 0 Å². The SMILES string of the molecule is O=C(Cl)C(Cc1ccccc1F)c1ccccc1F. The first-order valence-corrected chi connectivity index (χ1v) is 6.14. The number of benzene rings is 2. The molecule has 4 heteroatoms. The second kappa shape index (κ2) is 5.93. The van der Waals surface area contributed by atoms with Crippen LogP contribution < -0.4 is 0 Å². The van der Waals surface area contributed by atoms with E-state index < -0.39 is 22.8 Å². The number of halogens is 3. The van der Waals surface area contributed by atoms with Gasteiger partial charge in [-0.15, -0.1) is 0 Å². The van der Waals surface area contributed by atoms with E-state index in [0.29, 0.717) is 5.56 Å². The number of hydrogen-bond acceptors (Lipinski definition) is 1. The van der Waals surface area contributed by atoms with Gasteiger partial charge in [0.2, 0.25) is 5.24 Å². The van der Waals surface area contributed by atoms with Crippen molar-refractivity contribution in [3.63, 3.8) is 0 Å². The summed E-state index contributed by atoms with van der Waals surface area (Å²) in [5.74, 6) is -1.83. The molecule has 0 radical (unpaired) electrons. The van der Waals surface area contributed by atoms with E-state index in [1.807, 2.05) is 0 Å². The lowest BCUT2D eigenvalue weighted by atomic mass is 9.92. The van der Waals surface area contributed by atoms with E-state index in [2.05, 4.69) is 0 Å². The van der Waals surface area contributed by atoms with Gasteiger partial charge in [0.05, 0.1) is 5.92 Å². The van der Waals surface area contributed by atoms with Crippen molar-refractivity contribution >= 4 is 16.8 Å². The second-order valence-electron chi connectivity index (χ2n) is 4.17. The highest BCUT2D eigenvalue weighted by molar-refractivity contribution is 6.64. The summed E-state index contributed by atoms with van der Waals surface area (Å²) in [4.78, 5) is 11.5. The summed E-state index contributed by atoms with van der Waals surface area (Å²) in [6, 6.07) is 12.0. The molecule has 0 heterocycles. The minimum Gasteiger partial charge on any atom is -0.281 e. The first-order chi connectivity index (χ1) is 9.09. The van der Waals surface area contributed by atoms with Crippen LogP contribution in [0, 0.1) is 11.6 Å². The third kappa shape index (κ3) is 3.18. The van der Waals surface area contributed by atoms with E-state index in [0.717, 1.165) is 0 Å². The molecule has 19 heavy (non-hydrogen) atoms. The fourth-order valence-electron chi connectivity index (χ4n) is 1.95. The highest BCUT2D eigenvalue weighted by Crippen LogP contribution is 2.26. The highest BCUT2D eigenvalue weighted by Gasteiger charge is 2.23. The first kappa shape index (κ1) is 13.7. The summed E-state index contributed by atoms with van der Waals surface area (Å²) in [6.45, 7) is 0. The Kier molecular flexibility index (Phi) is 4.27. The average molecular weight is 281 g/mol. The molecule has 98 valence electrons. The van der Waals surface area contributed by atoms with Crippen LogP contribution in [0.15, 0.2) is 48.5 Å². The third-order valence-electron chi connectivity index (χ3n) is 2.94. The summed E-state index contributed by atoms with van der Waals surface area (Å²) in [6.07, 6.45) is 0.0376. The van der Waals surface area contributed by atoms with E-state index >= 15 is 0 Å². The molecular weight excluding hydrogens is 270 g/mol. The summed E-state index contributed by atoms with van der Waals surface area (Å²) in [5.41, 5.74) is 0.524. The van der Waals surface area contributed by atoms with E-state index in [4.69, 9.17) is 11.6 Å². The van der Waals surface area contributed by atoms with Gasteiger partial charge in [0, 0.05) is 0 Å². The van der Waals surface area contributed by atoms with Gasteiger partial charge in [-0.2, -0.15) is 0 Å². The molecule has 0 saturated carbocycles. The van der Waals surface area contributed by atoms with Crippen molar-refractivity contribution in [3.8, 4) is 0 Å². The number of carbonyl (C=O) groups excluding carboxylic acids is 1. The summed E-state index contributed by atoms with van der Waals surface area (Å²) in [7, 11) is 0. The Morgan fingerprint density at radius 3 is 2.16 bits per heavy atom. The van der Waals surface area contributed by atoms with Gasteiger partial charge in [0.15, 0.2) is 0 Å². The third-order valence-corrected chi connectivity index (χ3v) is 3.20. The maximum Gasteiger partial charge on any atom is 0.229 e. The standard InChI is InChI=1S/C15H11ClF2O/c16-15(19)12(11-6-2-4-8-14(11)18)9-10-5-1-3-7-13(10)17/h1-8,12H,9H2. The molecule has 2 aromatic carbocycles. The van der Waals surface area contributed by atoms with Crippen LogP contribution in [0.25, 0.3) is 0 Å². The van der Waals surface area contributed by atoms with Gasteiger partial charge in [-0.3, -0.25) is 4.79 Å². The molecular formula is C15H11ClF2O. The van der Waals surface area contributed by atoms with Crippen molar-refractivity contribution in [3.05, 3.63) is 71.3 Å². The Hall–Kier alpha value is -1.74. The van der Waals surface area contributed by atoms with Crippen molar-refractivity contribution in [2.45, 2.75) is 12.3 Å². The molecule has 2 aromatic rings. The molecule has 0 bridgehead atoms.